The molecule has 1 fully saturated rings. The van der Waals surface area contributed by atoms with Gasteiger partial charge in [-0.3, -0.25) is 0 Å². The van der Waals surface area contributed by atoms with E-state index in [0.29, 0.717) is 19.7 Å². The van der Waals surface area contributed by atoms with E-state index in [9.17, 15) is 4.79 Å². The molecule has 1 aromatic rings. The van der Waals surface area contributed by atoms with Gasteiger partial charge in [-0.05, 0) is 27.6 Å². The summed E-state index contributed by atoms with van der Waals surface area (Å²) in [5.41, 5.74) is 1.01. The van der Waals surface area contributed by atoms with Crippen LogP contribution in [0.15, 0.2) is 22.9 Å². The molecule has 4 nitrogen and oxygen atoms in total. The van der Waals surface area contributed by atoms with E-state index < -0.39 is 0 Å². The summed E-state index contributed by atoms with van der Waals surface area (Å²) >= 11 is 3.25. The van der Waals surface area contributed by atoms with Crippen molar-refractivity contribution in [2.45, 2.75) is 6.54 Å². The maximum Gasteiger partial charge on any atom is 0.410 e. The molecule has 1 aliphatic heterocycles. The summed E-state index contributed by atoms with van der Waals surface area (Å²) in [4.78, 5) is 16.9. The van der Waals surface area contributed by atoms with Crippen LogP contribution in [0.2, 0.25) is 0 Å². The first kappa shape index (κ1) is 9.45. The zero-order valence-corrected chi connectivity index (χ0v) is 9.03. The van der Waals surface area contributed by atoms with Crippen LogP contribution in [0.1, 0.15) is 5.56 Å². The molecule has 0 unspecified atom stereocenters. The first-order chi connectivity index (χ1) is 6.75. The molecule has 1 saturated heterocycles. The third-order valence-electron chi connectivity index (χ3n) is 2.01. The van der Waals surface area contributed by atoms with Gasteiger partial charge in [-0.1, -0.05) is 6.07 Å². The molecule has 0 aromatic carbocycles. The number of carbonyl (C=O) groups excluding carboxylic acids is 1. The van der Waals surface area contributed by atoms with Crippen molar-refractivity contribution < 1.29 is 9.53 Å². The number of nitrogens with zero attached hydrogens (tertiary/aromatic N) is 2. The van der Waals surface area contributed by atoms with Crippen LogP contribution in [-0.4, -0.2) is 29.1 Å². The second-order valence-corrected chi connectivity index (χ2v) is 3.84. The highest BCUT2D eigenvalue weighted by Gasteiger charge is 2.21. The zero-order chi connectivity index (χ0) is 9.97. The quantitative estimate of drug-likeness (QED) is 0.758. The molecule has 0 atom stereocenters. The van der Waals surface area contributed by atoms with Crippen LogP contribution in [0.4, 0.5) is 4.79 Å². The van der Waals surface area contributed by atoms with E-state index in [2.05, 4.69) is 20.9 Å². The third-order valence-corrected chi connectivity index (χ3v) is 2.48. The summed E-state index contributed by atoms with van der Waals surface area (Å²) in [5.74, 6) is 0. The number of aromatic nitrogens is 1. The zero-order valence-electron chi connectivity index (χ0n) is 7.44. The lowest BCUT2D eigenvalue weighted by Gasteiger charge is -2.11. The van der Waals surface area contributed by atoms with Crippen molar-refractivity contribution in [2.24, 2.45) is 0 Å². The van der Waals surface area contributed by atoms with Gasteiger partial charge in [0.1, 0.15) is 11.2 Å². The fraction of sp³-hybridized carbons (Fsp3) is 0.333. The first-order valence-corrected chi connectivity index (χ1v) is 5.07. The third kappa shape index (κ3) is 2.04. The molecule has 0 bridgehead atoms. The number of pyridine rings is 1. The number of cyclic esters (lactones) is 1. The van der Waals surface area contributed by atoms with E-state index >= 15 is 0 Å². The summed E-state index contributed by atoms with van der Waals surface area (Å²) in [5, 5.41) is 0. The van der Waals surface area contributed by atoms with Gasteiger partial charge >= 0.3 is 6.09 Å². The second kappa shape index (κ2) is 3.96. The molecule has 5 heteroatoms. The van der Waals surface area contributed by atoms with Crippen molar-refractivity contribution in [3.8, 4) is 0 Å². The Balaban J connectivity index is 2.03. The van der Waals surface area contributed by atoms with Gasteiger partial charge in [0.15, 0.2) is 0 Å². The molecule has 2 rings (SSSR count). The number of rotatable bonds is 2. The van der Waals surface area contributed by atoms with E-state index in [1.165, 1.54) is 0 Å². The van der Waals surface area contributed by atoms with E-state index in [4.69, 9.17) is 4.74 Å². The van der Waals surface area contributed by atoms with Crippen LogP contribution in [0, 0.1) is 0 Å². The summed E-state index contributed by atoms with van der Waals surface area (Å²) in [6.45, 7) is 1.72. The van der Waals surface area contributed by atoms with E-state index in [-0.39, 0.29) is 6.09 Å². The molecule has 14 heavy (non-hydrogen) atoms. The number of amides is 1. The largest absolute Gasteiger partial charge is 0.448 e. The molecular formula is C9H9BrN2O2. The van der Waals surface area contributed by atoms with E-state index in [0.717, 1.165) is 10.2 Å². The minimum absolute atomic E-state index is 0.243. The maximum atomic E-state index is 11.1. The molecule has 1 aromatic heterocycles. The van der Waals surface area contributed by atoms with Gasteiger partial charge in [-0.2, -0.15) is 0 Å². The van der Waals surface area contributed by atoms with Crippen LogP contribution >= 0.6 is 15.9 Å². The molecule has 0 N–H and O–H groups in total. The highest BCUT2D eigenvalue weighted by Crippen LogP contribution is 2.11. The first-order valence-electron chi connectivity index (χ1n) is 4.28. The minimum atomic E-state index is -0.243. The predicted octanol–water partition coefficient (Wildman–Crippen LogP) is 1.80. The van der Waals surface area contributed by atoms with Gasteiger partial charge in [0.25, 0.3) is 0 Å². The summed E-state index contributed by atoms with van der Waals surface area (Å²) < 4.78 is 5.62. The van der Waals surface area contributed by atoms with Gasteiger partial charge in [0, 0.05) is 6.20 Å². The molecule has 1 amide bonds. The van der Waals surface area contributed by atoms with Gasteiger partial charge in [0.05, 0.1) is 13.1 Å². The lowest BCUT2D eigenvalue weighted by molar-refractivity contribution is 0.157. The van der Waals surface area contributed by atoms with E-state index in [1.807, 2.05) is 12.1 Å². The van der Waals surface area contributed by atoms with Crippen LogP contribution in [0.5, 0.6) is 0 Å². The van der Waals surface area contributed by atoms with Gasteiger partial charge in [-0.25, -0.2) is 9.78 Å². The van der Waals surface area contributed by atoms with Crippen LogP contribution in [0.25, 0.3) is 0 Å². The molecule has 0 spiro atoms. The maximum absolute atomic E-state index is 11.1. The Bertz CT molecular complexity index is 339. The van der Waals surface area contributed by atoms with Gasteiger partial charge in [0.2, 0.25) is 0 Å². The smallest absolute Gasteiger partial charge is 0.410 e. The standard InChI is InChI=1S/C9H9BrN2O2/c10-8-2-1-7(5-11-8)6-12-3-4-14-9(12)13/h1-2,5H,3-4,6H2. The Labute approximate surface area is 90.0 Å². The number of carbonyl (C=O) groups is 1. The lowest BCUT2D eigenvalue weighted by atomic mass is 10.3. The molecule has 0 saturated carbocycles. The summed E-state index contributed by atoms with van der Waals surface area (Å²) in [6.07, 6.45) is 1.50. The van der Waals surface area contributed by atoms with Crippen molar-refractivity contribution >= 4 is 22.0 Å². The van der Waals surface area contributed by atoms with Crippen molar-refractivity contribution in [1.29, 1.82) is 0 Å². The fourth-order valence-corrected chi connectivity index (χ4v) is 1.52. The predicted molar refractivity (Wildman–Crippen MR) is 53.7 cm³/mol. The van der Waals surface area contributed by atoms with Crippen LogP contribution in [0.3, 0.4) is 0 Å². The summed E-state index contributed by atoms with van der Waals surface area (Å²) in [6, 6.07) is 3.79. The molecular weight excluding hydrogens is 248 g/mol. The fourth-order valence-electron chi connectivity index (χ4n) is 1.29. The van der Waals surface area contributed by atoms with Gasteiger partial charge < -0.3 is 9.64 Å². The summed E-state index contributed by atoms with van der Waals surface area (Å²) in [7, 11) is 0. The van der Waals surface area contributed by atoms with Gasteiger partial charge in [-0.15, -0.1) is 0 Å². The Morgan fingerprint density at radius 2 is 2.43 bits per heavy atom. The van der Waals surface area contributed by atoms with Crippen molar-refractivity contribution in [2.75, 3.05) is 13.2 Å². The molecule has 74 valence electrons. The van der Waals surface area contributed by atoms with Crippen LogP contribution < -0.4 is 0 Å². The second-order valence-electron chi connectivity index (χ2n) is 3.03. The monoisotopic (exact) mass is 256 g/mol. The van der Waals surface area contributed by atoms with Crippen molar-refractivity contribution in [3.63, 3.8) is 0 Å². The Kier molecular flexibility index (Phi) is 2.67. The number of hydrogen-bond donors (Lipinski definition) is 0. The normalized spacial score (nSPS) is 15.8. The number of ether oxygens (including phenoxy) is 1. The molecule has 1 aliphatic rings. The average molecular weight is 257 g/mol. The average Bonchev–Trinajstić information content (AvgIpc) is 2.56. The highest BCUT2D eigenvalue weighted by molar-refractivity contribution is 9.10. The Hall–Kier alpha value is -1.10. The Morgan fingerprint density at radius 3 is 3.00 bits per heavy atom. The van der Waals surface area contributed by atoms with Crippen molar-refractivity contribution in [3.05, 3.63) is 28.5 Å². The highest BCUT2D eigenvalue weighted by atomic mass is 79.9. The SMILES string of the molecule is O=C1OCCN1Cc1ccc(Br)nc1. The number of hydrogen-bond acceptors (Lipinski definition) is 3. The van der Waals surface area contributed by atoms with Crippen molar-refractivity contribution in [1.82, 2.24) is 9.88 Å². The minimum Gasteiger partial charge on any atom is -0.448 e. The Morgan fingerprint density at radius 1 is 1.57 bits per heavy atom. The van der Waals surface area contributed by atoms with E-state index in [1.54, 1.807) is 11.1 Å². The van der Waals surface area contributed by atoms with Crippen LogP contribution in [-0.2, 0) is 11.3 Å². The topological polar surface area (TPSA) is 42.4 Å². The number of halogens is 1. The molecule has 0 aliphatic carbocycles. The lowest BCUT2D eigenvalue weighted by Crippen LogP contribution is -2.23. The molecule has 0 radical (unpaired) electrons. The molecule has 2 heterocycles.